The van der Waals surface area contributed by atoms with E-state index < -0.39 is 0 Å². The minimum Gasteiger partial charge on any atom is -0.446 e. The molecule has 1 fully saturated rings. The number of aromatic nitrogens is 5. The second-order valence-corrected chi connectivity index (χ2v) is 7.97. The lowest BCUT2D eigenvalue weighted by Crippen LogP contribution is -2.40. The molecule has 3 aromatic heterocycles. The van der Waals surface area contributed by atoms with Gasteiger partial charge in [-0.25, -0.2) is 0 Å². The minimum absolute atomic E-state index is 0.0399. The largest absolute Gasteiger partial charge is 0.446 e. The van der Waals surface area contributed by atoms with Gasteiger partial charge in [0.05, 0.1) is 35.3 Å². The first-order valence-electron chi connectivity index (χ1n) is 10.6. The average molecular weight is 432 g/mol. The minimum atomic E-state index is -0.0511. The number of nitrogen functional groups attached to an aromatic ring is 1. The Hall–Kier alpha value is -3.95. The van der Waals surface area contributed by atoms with E-state index in [4.69, 9.17) is 10.2 Å². The Bertz CT molecular complexity index is 1270. The maximum Gasteiger partial charge on any atom is 0.256 e. The summed E-state index contributed by atoms with van der Waals surface area (Å²) in [6.07, 6.45) is 5.59. The molecule has 5 rings (SSSR count). The maximum absolute atomic E-state index is 13.5. The molecule has 1 aliphatic rings. The Kier molecular flexibility index (Phi) is 4.96. The zero-order valence-electron chi connectivity index (χ0n) is 18.0. The fraction of sp³-hybridized carbons (Fsp3) is 0.318. The Morgan fingerprint density at radius 2 is 1.91 bits per heavy atom. The highest BCUT2D eigenvalue weighted by Gasteiger charge is 2.29. The van der Waals surface area contributed by atoms with Crippen LogP contribution >= 0.6 is 0 Å². The van der Waals surface area contributed by atoms with Gasteiger partial charge >= 0.3 is 0 Å². The van der Waals surface area contributed by atoms with Crippen molar-refractivity contribution in [2.24, 2.45) is 0 Å². The van der Waals surface area contributed by atoms with E-state index in [0.29, 0.717) is 48.4 Å². The smallest absolute Gasteiger partial charge is 0.256 e. The van der Waals surface area contributed by atoms with Gasteiger partial charge in [-0.05, 0) is 32.4 Å². The number of nitrogens with two attached hydrogens (primary N) is 1. The van der Waals surface area contributed by atoms with E-state index in [-0.39, 0.29) is 11.9 Å². The van der Waals surface area contributed by atoms with Crippen LogP contribution < -0.4 is 10.6 Å². The summed E-state index contributed by atoms with van der Waals surface area (Å²) in [6.45, 7) is 5.80. The first-order valence-corrected chi connectivity index (χ1v) is 10.6. The highest BCUT2D eigenvalue weighted by molar-refractivity contribution is 5.98. The zero-order chi connectivity index (χ0) is 22.2. The van der Waals surface area contributed by atoms with Crippen LogP contribution in [-0.2, 0) is 0 Å². The maximum atomic E-state index is 13.5. The lowest BCUT2D eigenvalue weighted by Gasteiger charge is -2.27. The van der Waals surface area contributed by atoms with Crippen molar-refractivity contribution < 1.29 is 9.21 Å². The number of hydrogen-bond donors (Lipinski definition) is 1. The number of aryl methyl sites for hydroxylation is 1. The number of nitrogens with zero attached hydrogens (tertiary/aromatic N) is 7. The summed E-state index contributed by atoms with van der Waals surface area (Å²) >= 11 is 0. The fourth-order valence-electron chi connectivity index (χ4n) is 4.13. The third kappa shape index (κ3) is 3.43. The lowest BCUT2D eigenvalue weighted by atomic mass is 10.1. The molecule has 10 nitrogen and oxygen atoms in total. The number of benzene rings is 1. The van der Waals surface area contributed by atoms with E-state index in [9.17, 15) is 4.79 Å². The number of amides is 1. The van der Waals surface area contributed by atoms with Crippen molar-refractivity contribution in [3.63, 3.8) is 0 Å². The summed E-state index contributed by atoms with van der Waals surface area (Å²) in [5.41, 5.74) is 8.79. The van der Waals surface area contributed by atoms with Gasteiger partial charge in [-0.2, -0.15) is 25.0 Å². The third-order valence-electron chi connectivity index (χ3n) is 5.91. The topological polar surface area (TPSA) is 119 Å². The average Bonchev–Trinajstić information content (AvgIpc) is 3.41. The molecule has 0 saturated carbocycles. The van der Waals surface area contributed by atoms with Gasteiger partial charge in [0, 0.05) is 31.2 Å². The molecule has 4 heterocycles. The van der Waals surface area contributed by atoms with Crippen molar-refractivity contribution in [1.29, 1.82) is 0 Å². The third-order valence-corrected chi connectivity index (χ3v) is 5.91. The van der Waals surface area contributed by atoms with Gasteiger partial charge in [-0.15, -0.1) is 0 Å². The van der Waals surface area contributed by atoms with Crippen molar-refractivity contribution in [1.82, 2.24) is 29.9 Å². The molecule has 1 amide bonds. The predicted molar refractivity (Wildman–Crippen MR) is 120 cm³/mol. The molecule has 164 valence electrons. The predicted octanol–water partition coefficient (Wildman–Crippen LogP) is 2.44. The highest BCUT2D eigenvalue weighted by Crippen LogP contribution is 2.27. The summed E-state index contributed by atoms with van der Waals surface area (Å²) in [4.78, 5) is 28.0. The molecule has 0 unspecified atom stereocenters. The number of carbonyl (C=O) groups excluding carboxylic acids is 1. The first-order chi connectivity index (χ1) is 15.5. The molecule has 1 aromatic carbocycles. The number of para-hydroxylation sites is 1. The van der Waals surface area contributed by atoms with E-state index >= 15 is 0 Å². The second kappa shape index (κ2) is 7.95. The van der Waals surface area contributed by atoms with Crippen LogP contribution in [0.15, 0.2) is 47.3 Å². The molecule has 32 heavy (non-hydrogen) atoms. The molecule has 1 aliphatic heterocycles. The monoisotopic (exact) mass is 432 g/mol. The molecular weight excluding hydrogens is 408 g/mol. The zero-order valence-corrected chi connectivity index (χ0v) is 18.0. The van der Waals surface area contributed by atoms with Gasteiger partial charge < -0.3 is 20.0 Å². The molecule has 0 spiro atoms. The Morgan fingerprint density at radius 1 is 1.12 bits per heavy atom. The van der Waals surface area contributed by atoms with Crippen LogP contribution in [0.2, 0.25) is 0 Å². The lowest BCUT2D eigenvalue weighted by molar-refractivity contribution is 0.0705. The summed E-state index contributed by atoms with van der Waals surface area (Å²) in [5, 5.41) is 9.12. The summed E-state index contributed by atoms with van der Waals surface area (Å²) in [5.74, 6) is 0.874. The summed E-state index contributed by atoms with van der Waals surface area (Å²) < 4.78 is 5.54. The standard InChI is InChI=1S/C22H24N8O2/c1-14-13-32-20-18(14)19(23)26-22(27-20)28-10-7-15(2)29(12-11-28)21(31)16-5-3-4-6-17(16)30-24-8-9-25-30/h3-6,8-9,13,15H,7,10-12H2,1-2H3,(H2,23,26,27)/t15-/m1/s1. The number of hydrogen-bond acceptors (Lipinski definition) is 8. The van der Waals surface area contributed by atoms with Crippen molar-refractivity contribution in [2.75, 3.05) is 30.3 Å². The Balaban J connectivity index is 1.40. The SMILES string of the molecule is Cc1coc2nc(N3CC[C@@H](C)N(C(=O)c4ccccc4-n4nccn4)CC3)nc(N)c12. The van der Waals surface area contributed by atoms with E-state index in [1.807, 2.05) is 36.1 Å². The molecule has 0 radical (unpaired) electrons. The Morgan fingerprint density at radius 3 is 2.72 bits per heavy atom. The van der Waals surface area contributed by atoms with Crippen molar-refractivity contribution in [3.8, 4) is 5.69 Å². The van der Waals surface area contributed by atoms with Gasteiger partial charge in [0.15, 0.2) is 0 Å². The number of carbonyl (C=O) groups is 1. The van der Waals surface area contributed by atoms with Crippen LogP contribution in [0.1, 0.15) is 29.3 Å². The van der Waals surface area contributed by atoms with Gasteiger partial charge in [0.2, 0.25) is 11.7 Å². The molecule has 1 atom stereocenters. The van der Waals surface area contributed by atoms with Crippen LogP contribution in [-0.4, -0.2) is 61.4 Å². The number of anilines is 2. The highest BCUT2D eigenvalue weighted by atomic mass is 16.3. The molecule has 0 aliphatic carbocycles. The van der Waals surface area contributed by atoms with Gasteiger partial charge in [0.25, 0.3) is 5.91 Å². The van der Waals surface area contributed by atoms with Crippen LogP contribution in [0, 0.1) is 6.92 Å². The van der Waals surface area contributed by atoms with Crippen LogP contribution in [0.5, 0.6) is 0 Å². The molecular formula is C22H24N8O2. The molecule has 2 N–H and O–H groups in total. The van der Waals surface area contributed by atoms with Crippen molar-refractivity contribution in [2.45, 2.75) is 26.3 Å². The van der Waals surface area contributed by atoms with Crippen molar-refractivity contribution >= 4 is 28.8 Å². The number of furan rings is 1. The molecule has 1 saturated heterocycles. The fourth-order valence-corrected chi connectivity index (χ4v) is 4.13. The van der Waals surface area contributed by atoms with E-state index in [0.717, 1.165) is 17.4 Å². The van der Waals surface area contributed by atoms with Gasteiger partial charge in [0.1, 0.15) is 5.82 Å². The first kappa shape index (κ1) is 20.0. The Labute approximate surface area is 184 Å². The van der Waals surface area contributed by atoms with E-state index in [1.165, 1.54) is 4.80 Å². The number of fused-ring (bicyclic) bond motifs is 1. The van der Waals surface area contributed by atoms with Crippen LogP contribution in [0.4, 0.5) is 11.8 Å². The van der Waals surface area contributed by atoms with Crippen LogP contribution in [0.25, 0.3) is 16.8 Å². The van der Waals surface area contributed by atoms with Crippen LogP contribution in [0.3, 0.4) is 0 Å². The molecule has 4 aromatic rings. The normalized spacial score (nSPS) is 17.0. The van der Waals surface area contributed by atoms with Gasteiger partial charge in [-0.1, -0.05) is 12.1 Å². The molecule has 0 bridgehead atoms. The molecule has 10 heteroatoms. The van der Waals surface area contributed by atoms with E-state index in [1.54, 1.807) is 18.7 Å². The van der Waals surface area contributed by atoms with Crippen molar-refractivity contribution in [3.05, 3.63) is 54.0 Å². The number of rotatable bonds is 3. The summed E-state index contributed by atoms with van der Waals surface area (Å²) in [7, 11) is 0. The quantitative estimate of drug-likeness (QED) is 0.524. The van der Waals surface area contributed by atoms with Gasteiger partial charge in [-0.3, -0.25) is 4.79 Å². The summed E-state index contributed by atoms with van der Waals surface area (Å²) in [6, 6.07) is 7.42. The van der Waals surface area contributed by atoms with E-state index in [2.05, 4.69) is 32.0 Å². The second-order valence-electron chi connectivity index (χ2n) is 7.97.